The lowest BCUT2D eigenvalue weighted by molar-refractivity contribution is -0.0498. The minimum Gasteiger partial charge on any atom is -0.435 e. The number of hydrogen-bond donors (Lipinski definition) is 0. The highest BCUT2D eigenvalue weighted by Gasteiger charge is 2.06. The van der Waals surface area contributed by atoms with Crippen molar-refractivity contribution in [3.63, 3.8) is 0 Å². The van der Waals surface area contributed by atoms with E-state index in [0.29, 0.717) is 5.69 Å². The van der Waals surface area contributed by atoms with Crippen LogP contribution in [0.3, 0.4) is 0 Å². The largest absolute Gasteiger partial charge is 0.435 e. The molecule has 0 bridgehead atoms. The normalized spacial score (nSPS) is 10.8. The molecule has 0 saturated carbocycles. The highest BCUT2D eigenvalue weighted by atomic mass is 35.5. The number of ether oxygens (including phenoxy) is 1. The standard InChI is InChI=1S/C9H6ClF2N3O/c10-8-14-13-5-15(8)6-1-3-7(4-2-6)16-9(11)12/h1-5,9H. The molecule has 0 aliphatic heterocycles. The van der Waals surface area contributed by atoms with E-state index in [9.17, 15) is 8.78 Å². The number of hydrogen-bond acceptors (Lipinski definition) is 3. The molecule has 0 N–H and O–H groups in total. The molecule has 2 rings (SSSR count). The molecule has 2 aromatic rings. The summed E-state index contributed by atoms with van der Waals surface area (Å²) in [7, 11) is 0. The average Bonchev–Trinajstić information content (AvgIpc) is 2.65. The van der Waals surface area contributed by atoms with Gasteiger partial charge in [0.1, 0.15) is 12.1 Å². The van der Waals surface area contributed by atoms with E-state index in [1.165, 1.54) is 23.0 Å². The van der Waals surface area contributed by atoms with Gasteiger partial charge in [0.2, 0.25) is 5.28 Å². The number of aromatic nitrogens is 3. The van der Waals surface area contributed by atoms with Crippen LogP contribution in [-0.2, 0) is 0 Å². The summed E-state index contributed by atoms with van der Waals surface area (Å²) in [4.78, 5) is 0. The molecule has 0 amide bonds. The molecule has 4 nitrogen and oxygen atoms in total. The maximum absolute atomic E-state index is 11.9. The molecule has 1 aromatic carbocycles. The van der Waals surface area contributed by atoms with E-state index in [-0.39, 0.29) is 11.0 Å². The molecule has 0 fully saturated rings. The summed E-state index contributed by atoms with van der Waals surface area (Å²) >= 11 is 5.74. The van der Waals surface area contributed by atoms with Crippen LogP contribution in [0.1, 0.15) is 0 Å². The number of rotatable bonds is 3. The molecule has 0 radical (unpaired) electrons. The second-order valence-electron chi connectivity index (χ2n) is 2.84. The molecule has 7 heteroatoms. The smallest absolute Gasteiger partial charge is 0.387 e. The minimum atomic E-state index is -2.83. The van der Waals surface area contributed by atoms with Crippen molar-refractivity contribution in [1.29, 1.82) is 0 Å². The average molecular weight is 246 g/mol. The fourth-order valence-electron chi connectivity index (χ4n) is 1.18. The fraction of sp³-hybridized carbons (Fsp3) is 0.111. The quantitative estimate of drug-likeness (QED) is 0.834. The van der Waals surface area contributed by atoms with Gasteiger partial charge in [0.15, 0.2) is 0 Å². The van der Waals surface area contributed by atoms with Crippen molar-refractivity contribution in [3.05, 3.63) is 35.9 Å². The van der Waals surface area contributed by atoms with Gasteiger partial charge in [-0.1, -0.05) is 0 Å². The molecule has 0 aliphatic rings. The molecular formula is C9H6ClF2N3O. The first kappa shape index (κ1) is 10.8. The fourth-order valence-corrected chi connectivity index (χ4v) is 1.37. The van der Waals surface area contributed by atoms with Crippen LogP contribution < -0.4 is 4.74 Å². The number of benzene rings is 1. The first-order valence-corrected chi connectivity index (χ1v) is 4.65. The Bertz CT molecular complexity index is 472. The number of nitrogens with zero attached hydrogens (tertiary/aromatic N) is 3. The lowest BCUT2D eigenvalue weighted by Crippen LogP contribution is -2.02. The molecule has 16 heavy (non-hydrogen) atoms. The summed E-state index contributed by atoms with van der Waals surface area (Å²) in [6.07, 6.45) is 1.42. The van der Waals surface area contributed by atoms with Gasteiger partial charge in [0, 0.05) is 5.69 Å². The summed E-state index contributed by atoms with van der Waals surface area (Å²) < 4.78 is 29.5. The predicted octanol–water partition coefficient (Wildman–Crippen LogP) is 2.52. The van der Waals surface area contributed by atoms with Crippen LogP contribution in [0, 0.1) is 0 Å². The number of alkyl halides is 2. The highest BCUT2D eigenvalue weighted by molar-refractivity contribution is 6.28. The summed E-state index contributed by atoms with van der Waals surface area (Å²) in [5.74, 6) is 0.0861. The Morgan fingerprint density at radius 1 is 1.25 bits per heavy atom. The van der Waals surface area contributed by atoms with Gasteiger partial charge >= 0.3 is 6.61 Å². The maximum Gasteiger partial charge on any atom is 0.387 e. The molecular weight excluding hydrogens is 240 g/mol. The first-order valence-electron chi connectivity index (χ1n) is 4.27. The Morgan fingerprint density at radius 3 is 2.44 bits per heavy atom. The molecule has 0 saturated heterocycles. The van der Waals surface area contributed by atoms with Gasteiger partial charge in [-0.05, 0) is 35.9 Å². The highest BCUT2D eigenvalue weighted by Crippen LogP contribution is 2.19. The second-order valence-corrected chi connectivity index (χ2v) is 3.18. The van der Waals surface area contributed by atoms with Crippen LogP contribution >= 0.6 is 11.6 Å². The van der Waals surface area contributed by atoms with Gasteiger partial charge in [0.25, 0.3) is 0 Å². The van der Waals surface area contributed by atoms with Crippen LogP contribution in [0.25, 0.3) is 5.69 Å². The monoisotopic (exact) mass is 245 g/mol. The van der Waals surface area contributed by atoms with E-state index in [2.05, 4.69) is 14.9 Å². The second kappa shape index (κ2) is 4.44. The molecule has 0 spiro atoms. The van der Waals surface area contributed by atoms with Gasteiger partial charge in [-0.15, -0.1) is 10.2 Å². The Morgan fingerprint density at radius 2 is 1.94 bits per heavy atom. The van der Waals surface area contributed by atoms with E-state index in [1.54, 1.807) is 12.1 Å². The lowest BCUT2D eigenvalue weighted by Gasteiger charge is -2.06. The van der Waals surface area contributed by atoms with Crippen molar-refractivity contribution in [2.24, 2.45) is 0 Å². The SMILES string of the molecule is FC(F)Oc1ccc(-n2cnnc2Cl)cc1. The topological polar surface area (TPSA) is 39.9 Å². The van der Waals surface area contributed by atoms with Gasteiger partial charge in [-0.25, -0.2) is 0 Å². The van der Waals surface area contributed by atoms with Gasteiger partial charge < -0.3 is 4.74 Å². The van der Waals surface area contributed by atoms with E-state index >= 15 is 0 Å². The zero-order valence-corrected chi connectivity index (χ0v) is 8.60. The molecule has 1 aromatic heterocycles. The van der Waals surface area contributed by atoms with Crippen molar-refractivity contribution in [3.8, 4) is 11.4 Å². The van der Waals surface area contributed by atoms with Crippen molar-refractivity contribution < 1.29 is 13.5 Å². The molecule has 1 heterocycles. The van der Waals surface area contributed by atoms with E-state index in [4.69, 9.17) is 11.6 Å². The Balaban J connectivity index is 2.23. The van der Waals surface area contributed by atoms with Crippen LogP contribution in [0.4, 0.5) is 8.78 Å². The molecule has 0 aliphatic carbocycles. The van der Waals surface area contributed by atoms with Gasteiger partial charge in [-0.3, -0.25) is 4.57 Å². The van der Waals surface area contributed by atoms with Crippen LogP contribution in [0.5, 0.6) is 5.75 Å². The molecule has 0 unspecified atom stereocenters. The zero-order valence-electron chi connectivity index (χ0n) is 7.85. The predicted molar refractivity (Wildman–Crippen MR) is 53.0 cm³/mol. The maximum atomic E-state index is 11.9. The Hall–Kier alpha value is -1.69. The minimum absolute atomic E-state index is 0.0861. The summed E-state index contributed by atoms with van der Waals surface area (Å²) in [6.45, 7) is -2.83. The molecule has 84 valence electrons. The van der Waals surface area contributed by atoms with E-state index in [0.717, 1.165) is 0 Å². The third-order valence-corrected chi connectivity index (χ3v) is 2.10. The summed E-state index contributed by atoms with van der Waals surface area (Å²) in [5, 5.41) is 7.39. The Labute approximate surface area is 94.4 Å². The van der Waals surface area contributed by atoms with Crippen molar-refractivity contribution >= 4 is 11.6 Å². The summed E-state index contributed by atoms with van der Waals surface area (Å²) in [5.41, 5.74) is 0.664. The first-order chi connectivity index (χ1) is 7.66. The van der Waals surface area contributed by atoms with Gasteiger partial charge in [0.05, 0.1) is 0 Å². The van der Waals surface area contributed by atoms with Crippen LogP contribution in [0.2, 0.25) is 5.28 Å². The van der Waals surface area contributed by atoms with E-state index < -0.39 is 6.61 Å². The third kappa shape index (κ3) is 2.27. The van der Waals surface area contributed by atoms with Gasteiger partial charge in [-0.2, -0.15) is 8.78 Å². The number of halogens is 3. The Kier molecular flexibility index (Phi) is 3.00. The molecule has 0 atom stereocenters. The zero-order chi connectivity index (χ0) is 11.5. The summed E-state index contributed by atoms with van der Waals surface area (Å²) in [6, 6.07) is 5.98. The lowest BCUT2D eigenvalue weighted by atomic mass is 10.3. The van der Waals surface area contributed by atoms with Crippen molar-refractivity contribution in [2.45, 2.75) is 6.61 Å². The van der Waals surface area contributed by atoms with Crippen LogP contribution in [-0.4, -0.2) is 21.4 Å². The van der Waals surface area contributed by atoms with E-state index in [1.807, 2.05) is 0 Å². The third-order valence-electron chi connectivity index (χ3n) is 1.85. The van der Waals surface area contributed by atoms with Crippen molar-refractivity contribution in [2.75, 3.05) is 0 Å². The van der Waals surface area contributed by atoms with Crippen LogP contribution in [0.15, 0.2) is 30.6 Å². The van der Waals surface area contributed by atoms with Crippen molar-refractivity contribution in [1.82, 2.24) is 14.8 Å².